The number of hydrogen-bond donors (Lipinski definition) is 1. The third-order valence-electron chi connectivity index (χ3n) is 2.97. The SMILES string of the molecule is CC(C)CCn1ccc2cc(CO)ccc21. The summed E-state index contributed by atoms with van der Waals surface area (Å²) in [5.41, 5.74) is 2.24. The van der Waals surface area contributed by atoms with Gasteiger partial charge in [0, 0.05) is 18.3 Å². The molecule has 2 rings (SSSR count). The second-order valence-electron chi connectivity index (χ2n) is 4.74. The summed E-state index contributed by atoms with van der Waals surface area (Å²) in [6.07, 6.45) is 3.33. The van der Waals surface area contributed by atoms with Gasteiger partial charge in [-0.1, -0.05) is 19.9 Å². The van der Waals surface area contributed by atoms with Gasteiger partial charge in [0.1, 0.15) is 0 Å². The zero-order chi connectivity index (χ0) is 11.5. The first kappa shape index (κ1) is 11.2. The van der Waals surface area contributed by atoms with Crippen molar-refractivity contribution in [1.82, 2.24) is 4.57 Å². The highest BCUT2D eigenvalue weighted by atomic mass is 16.3. The normalized spacial score (nSPS) is 11.5. The van der Waals surface area contributed by atoms with Crippen molar-refractivity contribution in [1.29, 1.82) is 0 Å². The summed E-state index contributed by atoms with van der Waals surface area (Å²) < 4.78 is 2.29. The first-order valence-electron chi connectivity index (χ1n) is 5.89. The molecule has 1 N–H and O–H groups in total. The third-order valence-corrected chi connectivity index (χ3v) is 2.97. The first-order chi connectivity index (χ1) is 7.70. The zero-order valence-corrected chi connectivity index (χ0v) is 9.98. The van der Waals surface area contributed by atoms with E-state index >= 15 is 0 Å². The van der Waals surface area contributed by atoms with Crippen molar-refractivity contribution in [2.24, 2.45) is 5.92 Å². The first-order valence-corrected chi connectivity index (χ1v) is 5.89. The molecule has 0 amide bonds. The van der Waals surface area contributed by atoms with Crippen molar-refractivity contribution in [3.05, 3.63) is 36.0 Å². The second-order valence-corrected chi connectivity index (χ2v) is 4.74. The third kappa shape index (κ3) is 2.27. The summed E-state index contributed by atoms with van der Waals surface area (Å²) in [7, 11) is 0. The minimum Gasteiger partial charge on any atom is -0.392 e. The molecule has 0 aliphatic heterocycles. The molecule has 2 aromatic rings. The number of aliphatic hydroxyl groups excluding tert-OH is 1. The highest BCUT2D eigenvalue weighted by molar-refractivity contribution is 5.80. The quantitative estimate of drug-likeness (QED) is 0.836. The van der Waals surface area contributed by atoms with Crippen molar-refractivity contribution < 1.29 is 5.11 Å². The van der Waals surface area contributed by atoms with E-state index in [1.165, 1.54) is 17.3 Å². The van der Waals surface area contributed by atoms with Crippen LogP contribution in [0.3, 0.4) is 0 Å². The molecule has 0 unspecified atom stereocenters. The predicted molar refractivity (Wildman–Crippen MR) is 67.3 cm³/mol. The molecule has 86 valence electrons. The van der Waals surface area contributed by atoms with Gasteiger partial charge >= 0.3 is 0 Å². The average molecular weight is 217 g/mol. The van der Waals surface area contributed by atoms with Crippen LogP contribution in [0.5, 0.6) is 0 Å². The van der Waals surface area contributed by atoms with Gasteiger partial charge in [0.05, 0.1) is 6.61 Å². The molecule has 16 heavy (non-hydrogen) atoms. The molecule has 0 bridgehead atoms. The van der Waals surface area contributed by atoms with E-state index in [4.69, 9.17) is 5.11 Å². The van der Waals surface area contributed by atoms with Crippen LogP contribution >= 0.6 is 0 Å². The Bertz CT molecular complexity index is 471. The van der Waals surface area contributed by atoms with Gasteiger partial charge in [0.2, 0.25) is 0 Å². The summed E-state index contributed by atoms with van der Waals surface area (Å²) >= 11 is 0. The average Bonchev–Trinajstić information content (AvgIpc) is 2.68. The summed E-state index contributed by atoms with van der Waals surface area (Å²) in [6.45, 7) is 5.68. The lowest BCUT2D eigenvalue weighted by molar-refractivity contribution is 0.282. The van der Waals surface area contributed by atoms with E-state index in [0.717, 1.165) is 18.0 Å². The Kier molecular flexibility index (Phi) is 3.30. The van der Waals surface area contributed by atoms with Gasteiger partial charge in [-0.3, -0.25) is 0 Å². The number of aliphatic hydroxyl groups is 1. The monoisotopic (exact) mass is 217 g/mol. The fraction of sp³-hybridized carbons (Fsp3) is 0.429. The molecular weight excluding hydrogens is 198 g/mol. The number of aryl methyl sites for hydroxylation is 1. The van der Waals surface area contributed by atoms with Gasteiger partial charge < -0.3 is 9.67 Å². The van der Waals surface area contributed by atoms with Crippen LogP contribution in [0, 0.1) is 5.92 Å². The molecule has 0 atom stereocenters. The molecule has 0 saturated heterocycles. The van der Waals surface area contributed by atoms with Crippen LogP contribution < -0.4 is 0 Å². The van der Waals surface area contributed by atoms with E-state index in [1.807, 2.05) is 6.07 Å². The van der Waals surface area contributed by atoms with Crippen molar-refractivity contribution in [3.8, 4) is 0 Å². The zero-order valence-electron chi connectivity index (χ0n) is 9.98. The predicted octanol–water partition coefficient (Wildman–Crippen LogP) is 3.18. The second kappa shape index (κ2) is 4.71. The van der Waals surface area contributed by atoms with Gasteiger partial charge in [-0.05, 0) is 41.5 Å². The summed E-state index contributed by atoms with van der Waals surface area (Å²) in [4.78, 5) is 0. The van der Waals surface area contributed by atoms with Crippen LogP contribution in [0.2, 0.25) is 0 Å². The van der Waals surface area contributed by atoms with E-state index in [1.54, 1.807) is 0 Å². The van der Waals surface area contributed by atoms with E-state index in [-0.39, 0.29) is 6.61 Å². The van der Waals surface area contributed by atoms with Crippen molar-refractivity contribution in [2.75, 3.05) is 0 Å². The number of aromatic nitrogens is 1. The Balaban J connectivity index is 2.27. The van der Waals surface area contributed by atoms with Crippen LogP contribution in [0.15, 0.2) is 30.5 Å². The Morgan fingerprint density at radius 2 is 2.06 bits per heavy atom. The summed E-state index contributed by atoms with van der Waals surface area (Å²) in [5.74, 6) is 0.731. The maximum atomic E-state index is 9.07. The minimum absolute atomic E-state index is 0.118. The van der Waals surface area contributed by atoms with Gasteiger partial charge in [-0.2, -0.15) is 0 Å². The van der Waals surface area contributed by atoms with E-state index < -0.39 is 0 Å². The number of hydrogen-bond acceptors (Lipinski definition) is 1. The van der Waals surface area contributed by atoms with Crippen LogP contribution in [0.25, 0.3) is 10.9 Å². The summed E-state index contributed by atoms with van der Waals surface area (Å²) in [6, 6.07) is 8.27. The molecule has 1 heterocycles. The van der Waals surface area contributed by atoms with E-state index in [0.29, 0.717) is 0 Å². The highest BCUT2D eigenvalue weighted by Gasteiger charge is 2.02. The molecule has 0 aliphatic carbocycles. The molecule has 0 spiro atoms. The number of fused-ring (bicyclic) bond motifs is 1. The molecule has 1 aromatic carbocycles. The van der Waals surface area contributed by atoms with Crippen molar-refractivity contribution in [2.45, 2.75) is 33.4 Å². The van der Waals surface area contributed by atoms with Gasteiger partial charge in [0.15, 0.2) is 0 Å². The Morgan fingerprint density at radius 3 is 2.75 bits per heavy atom. The lowest BCUT2D eigenvalue weighted by Crippen LogP contribution is -1.99. The van der Waals surface area contributed by atoms with E-state index in [2.05, 4.69) is 42.8 Å². The molecule has 1 aromatic heterocycles. The summed E-state index contributed by atoms with van der Waals surface area (Å²) in [5, 5.41) is 10.3. The minimum atomic E-state index is 0.118. The Labute approximate surface area is 96.5 Å². The fourth-order valence-corrected chi connectivity index (χ4v) is 1.94. The lowest BCUT2D eigenvalue weighted by Gasteiger charge is -2.08. The maximum absolute atomic E-state index is 9.07. The van der Waals surface area contributed by atoms with Crippen molar-refractivity contribution >= 4 is 10.9 Å². The maximum Gasteiger partial charge on any atom is 0.0682 e. The Morgan fingerprint density at radius 1 is 1.25 bits per heavy atom. The molecule has 0 radical (unpaired) electrons. The Hall–Kier alpha value is -1.28. The molecule has 0 saturated carbocycles. The number of nitrogens with zero attached hydrogens (tertiary/aromatic N) is 1. The van der Waals surface area contributed by atoms with Gasteiger partial charge in [0.25, 0.3) is 0 Å². The molecular formula is C14H19NO. The van der Waals surface area contributed by atoms with Crippen LogP contribution in [-0.2, 0) is 13.2 Å². The molecule has 0 fully saturated rings. The van der Waals surface area contributed by atoms with Crippen LogP contribution in [0.1, 0.15) is 25.8 Å². The molecule has 2 heteroatoms. The van der Waals surface area contributed by atoms with Crippen LogP contribution in [0.4, 0.5) is 0 Å². The van der Waals surface area contributed by atoms with Crippen LogP contribution in [-0.4, -0.2) is 9.67 Å². The van der Waals surface area contributed by atoms with Gasteiger partial charge in [-0.15, -0.1) is 0 Å². The lowest BCUT2D eigenvalue weighted by atomic mass is 10.1. The fourth-order valence-electron chi connectivity index (χ4n) is 1.94. The largest absolute Gasteiger partial charge is 0.392 e. The molecule has 2 nitrogen and oxygen atoms in total. The smallest absolute Gasteiger partial charge is 0.0682 e. The van der Waals surface area contributed by atoms with Gasteiger partial charge in [-0.25, -0.2) is 0 Å². The standard InChI is InChI=1S/C14H19NO/c1-11(2)5-7-15-8-6-13-9-12(10-16)3-4-14(13)15/h3-4,6,8-9,11,16H,5,7,10H2,1-2H3. The number of benzene rings is 1. The van der Waals surface area contributed by atoms with E-state index in [9.17, 15) is 0 Å². The number of rotatable bonds is 4. The molecule has 0 aliphatic rings. The highest BCUT2D eigenvalue weighted by Crippen LogP contribution is 2.18. The van der Waals surface area contributed by atoms with Crippen molar-refractivity contribution in [3.63, 3.8) is 0 Å². The topological polar surface area (TPSA) is 25.2 Å².